The molecule has 2 N–H and O–H groups in total. The standard InChI is InChI=1S/C20H22N2O4/c23-18(24)20(13-16-7-3-1-4-8-16)15-21(19(25)26)11-12-22(20)14-17-9-5-2-6-10-17/h1-10H,11-15H2,(H,23,24)(H,25,26). The Morgan fingerprint density at radius 2 is 1.46 bits per heavy atom. The lowest BCUT2D eigenvalue weighted by Crippen LogP contribution is -2.67. The van der Waals surface area contributed by atoms with E-state index in [2.05, 4.69) is 0 Å². The number of carbonyl (C=O) groups is 2. The topological polar surface area (TPSA) is 81.1 Å². The minimum atomic E-state index is -1.30. The Morgan fingerprint density at radius 1 is 0.885 bits per heavy atom. The Labute approximate surface area is 152 Å². The molecule has 1 heterocycles. The number of hydrogen-bond acceptors (Lipinski definition) is 3. The van der Waals surface area contributed by atoms with Crippen LogP contribution in [0.2, 0.25) is 0 Å². The van der Waals surface area contributed by atoms with Gasteiger partial charge in [0, 0.05) is 26.1 Å². The molecule has 2 aromatic rings. The number of benzene rings is 2. The van der Waals surface area contributed by atoms with Crippen molar-refractivity contribution in [3.8, 4) is 0 Å². The minimum absolute atomic E-state index is 0.0562. The Morgan fingerprint density at radius 3 is 2.00 bits per heavy atom. The minimum Gasteiger partial charge on any atom is -0.480 e. The van der Waals surface area contributed by atoms with Gasteiger partial charge < -0.3 is 15.1 Å². The van der Waals surface area contributed by atoms with Gasteiger partial charge in [-0.15, -0.1) is 0 Å². The fourth-order valence-corrected chi connectivity index (χ4v) is 3.53. The smallest absolute Gasteiger partial charge is 0.407 e. The van der Waals surface area contributed by atoms with Crippen molar-refractivity contribution in [2.24, 2.45) is 0 Å². The Kier molecular flexibility index (Phi) is 5.23. The summed E-state index contributed by atoms with van der Waals surface area (Å²) in [6.07, 6.45) is -0.831. The van der Waals surface area contributed by atoms with E-state index >= 15 is 0 Å². The molecule has 0 bridgehead atoms. The van der Waals surface area contributed by atoms with Crippen molar-refractivity contribution in [2.75, 3.05) is 19.6 Å². The number of piperazine rings is 1. The van der Waals surface area contributed by atoms with E-state index in [4.69, 9.17) is 0 Å². The van der Waals surface area contributed by atoms with E-state index in [1.165, 1.54) is 4.90 Å². The van der Waals surface area contributed by atoms with Gasteiger partial charge in [-0.1, -0.05) is 60.7 Å². The largest absolute Gasteiger partial charge is 0.480 e. The van der Waals surface area contributed by atoms with Gasteiger partial charge in [-0.05, 0) is 11.1 Å². The predicted molar refractivity (Wildman–Crippen MR) is 97.0 cm³/mol. The summed E-state index contributed by atoms with van der Waals surface area (Å²) in [6.45, 7) is 1.08. The van der Waals surface area contributed by atoms with Crippen LogP contribution in [0.1, 0.15) is 11.1 Å². The predicted octanol–water partition coefficient (Wildman–Crippen LogP) is 2.55. The van der Waals surface area contributed by atoms with Crippen LogP contribution in [0, 0.1) is 0 Å². The highest BCUT2D eigenvalue weighted by atomic mass is 16.4. The molecular formula is C20H22N2O4. The average molecular weight is 354 g/mol. The van der Waals surface area contributed by atoms with Gasteiger partial charge in [-0.2, -0.15) is 0 Å². The molecule has 2 aromatic carbocycles. The maximum atomic E-state index is 12.4. The maximum absolute atomic E-state index is 12.4. The summed E-state index contributed by atoms with van der Waals surface area (Å²) >= 11 is 0. The second kappa shape index (κ2) is 7.58. The SMILES string of the molecule is O=C(O)N1CCN(Cc2ccccc2)C(Cc2ccccc2)(C(=O)O)C1. The molecule has 0 saturated carbocycles. The summed E-state index contributed by atoms with van der Waals surface area (Å²) in [5, 5.41) is 19.5. The van der Waals surface area contributed by atoms with E-state index in [1.54, 1.807) is 0 Å². The number of nitrogens with zero attached hydrogens (tertiary/aromatic N) is 2. The first-order valence-corrected chi connectivity index (χ1v) is 8.55. The molecule has 1 atom stereocenters. The fourth-order valence-electron chi connectivity index (χ4n) is 3.53. The Bertz CT molecular complexity index is 766. The molecule has 1 amide bonds. The third-order valence-corrected chi connectivity index (χ3v) is 4.92. The third kappa shape index (κ3) is 3.70. The van der Waals surface area contributed by atoms with E-state index < -0.39 is 17.6 Å². The summed E-state index contributed by atoms with van der Waals surface area (Å²) < 4.78 is 0. The zero-order chi connectivity index (χ0) is 18.6. The molecule has 3 rings (SSSR count). The lowest BCUT2D eigenvalue weighted by molar-refractivity contribution is -0.156. The first-order valence-electron chi connectivity index (χ1n) is 8.55. The molecule has 1 aliphatic rings. The van der Waals surface area contributed by atoms with Gasteiger partial charge in [-0.3, -0.25) is 9.69 Å². The maximum Gasteiger partial charge on any atom is 0.407 e. The van der Waals surface area contributed by atoms with Crippen molar-refractivity contribution < 1.29 is 19.8 Å². The van der Waals surface area contributed by atoms with E-state index in [-0.39, 0.29) is 13.0 Å². The van der Waals surface area contributed by atoms with Crippen LogP contribution >= 0.6 is 0 Å². The van der Waals surface area contributed by atoms with Gasteiger partial charge in [0.05, 0.1) is 6.54 Å². The van der Waals surface area contributed by atoms with Crippen LogP contribution in [0.4, 0.5) is 4.79 Å². The molecule has 1 aliphatic heterocycles. The zero-order valence-corrected chi connectivity index (χ0v) is 14.4. The highest BCUT2D eigenvalue weighted by Crippen LogP contribution is 2.29. The number of aliphatic carboxylic acids is 1. The molecule has 1 fully saturated rings. The lowest BCUT2D eigenvalue weighted by Gasteiger charge is -2.47. The third-order valence-electron chi connectivity index (χ3n) is 4.92. The molecule has 0 radical (unpaired) electrons. The van der Waals surface area contributed by atoms with Gasteiger partial charge >= 0.3 is 12.1 Å². The van der Waals surface area contributed by atoms with Crippen LogP contribution in [0.5, 0.6) is 0 Å². The summed E-state index contributed by atoms with van der Waals surface area (Å²) in [5.74, 6) is -0.997. The second-order valence-corrected chi connectivity index (χ2v) is 6.61. The van der Waals surface area contributed by atoms with Crippen molar-refractivity contribution >= 4 is 12.1 Å². The first-order chi connectivity index (χ1) is 12.5. The number of amides is 1. The summed E-state index contributed by atoms with van der Waals surface area (Å²) in [4.78, 5) is 27.0. The van der Waals surface area contributed by atoms with Crippen molar-refractivity contribution in [1.29, 1.82) is 0 Å². The molecule has 1 unspecified atom stereocenters. The van der Waals surface area contributed by atoms with Crippen molar-refractivity contribution in [3.63, 3.8) is 0 Å². The molecule has 0 aromatic heterocycles. The zero-order valence-electron chi connectivity index (χ0n) is 14.4. The van der Waals surface area contributed by atoms with Gasteiger partial charge in [-0.25, -0.2) is 4.79 Å². The van der Waals surface area contributed by atoms with Crippen molar-refractivity contribution in [3.05, 3.63) is 71.8 Å². The molecular weight excluding hydrogens is 332 g/mol. The summed E-state index contributed by atoms with van der Waals surface area (Å²) in [6, 6.07) is 19.0. The lowest BCUT2D eigenvalue weighted by atomic mass is 9.86. The number of rotatable bonds is 5. The van der Waals surface area contributed by atoms with E-state index in [9.17, 15) is 19.8 Å². The second-order valence-electron chi connectivity index (χ2n) is 6.61. The summed E-state index contributed by atoms with van der Waals surface area (Å²) in [5.41, 5.74) is 0.587. The molecule has 0 aliphatic carbocycles. The van der Waals surface area contributed by atoms with E-state index in [0.717, 1.165) is 11.1 Å². The summed E-state index contributed by atoms with van der Waals surface area (Å²) in [7, 11) is 0. The van der Waals surface area contributed by atoms with Crippen LogP contribution in [0.15, 0.2) is 60.7 Å². The van der Waals surface area contributed by atoms with Crippen molar-refractivity contribution in [1.82, 2.24) is 9.80 Å². The molecule has 0 spiro atoms. The highest BCUT2D eigenvalue weighted by Gasteiger charge is 2.49. The van der Waals surface area contributed by atoms with Crippen LogP contribution < -0.4 is 0 Å². The van der Waals surface area contributed by atoms with Gasteiger partial charge in [0.25, 0.3) is 0 Å². The first kappa shape index (κ1) is 17.9. The molecule has 26 heavy (non-hydrogen) atoms. The number of carboxylic acid groups (broad SMARTS) is 2. The van der Waals surface area contributed by atoms with Crippen LogP contribution in [-0.2, 0) is 17.8 Å². The van der Waals surface area contributed by atoms with Crippen LogP contribution in [-0.4, -0.2) is 57.2 Å². The normalized spacial score (nSPS) is 20.7. The highest BCUT2D eigenvalue weighted by molar-refractivity contribution is 5.81. The van der Waals surface area contributed by atoms with Crippen LogP contribution in [0.3, 0.4) is 0 Å². The number of carboxylic acids is 1. The molecule has 6 nitrogen and oxygen atoms in total. The molecule has 6 heteroatoms. The average Bonchev–Trinajstić information content (AvgIpc) is 2.64. The van der Waals surface area contributed by atoms with Crippen LogP contribution in [0.25, 0.3) is 0 Å². The van der Waals surface area contributed by atoms with Gasteiger partial charge in [0.15, 0.2) is 0 Å². The Balaban J connectivity index is 1.96. The monoisotopic (exact) mass is 354 g/mol. The Hall–Kier alpha value is -2.86. The van der Waals surface area contributed by atoms with E-state index in [1.807, 2.05) is 65.6 Å². The quantitative estimate of drug-likeness (QED) is 0.862. The number of hydrogen-bond donors (Lipinski definition) is 2. The van der Waals surface area contributed by atoms with Crippen molar-refractivity contribution in [2.45, 2.75) is 18.5 Å². The molecule has 136 valence electrons. The fraction of sp³-hybridized carbons (Fsp3) is 0.300. The van der Waals surface area contributed by atoms with E-state index in [0.29, 0.717) is 19.6 Å². The molecule has 1 saturated heterocycles. The van der Waals surface area contributed by atoms with Gasteiger partial charge in [0.2, 0.25) is 0 Å². The van der Waals surface area contributed by atoms with Gasteiger partial charge in [0.1, 0.15) is 5.54 Å².